The Morgan fingerprint density at radius 1 is 1.07 bits per heavy atom. The molecule has 0 saturated carbocycles. The first kappa shape index (κ1) is 20.4. The Morgan fingerprint density at radius 2 is 1.78 bits per heavy atom. The van der Waals surface area contributed by atoms with Crippen LogP contribution in [0.4, 0.5) is 16.2 Å². The largest absolute Gasteiger partial charge is 0.493 e. The lowest BCUT2D eigenvalue weighted by Crippen LogP contribution is -2.27. The van der Waals surface area contributed by atoms with E-state index in [0.29, 0.717) is 29.5 Å². The van der Waals surface area contributed by atoms with Crippen molar-refractivity contribution in [2.75, 3.05) is 24.8 Å². The third kappa shape index (κ3) is 7.09. The third-order valence-corrected chi connectivity index (χ3v) is 3.65. The van der Waals surface area contributed by atoms with Gasteiger partial charge in [0, 0.05) is 17.4 Å². The van der Waals surface area contributed by atoms with Crippen molar-refractivity contribution >= 4 is 17.5 Å². The van der Waals surface area contributed by atoms with E-state index >= 15 is 0 Å². The van der Waals surface area contributed by atoms with Crippen LogP contribution in [0.3, 0.4) is 0 Å². The number of ether oxygens (including phenoxy) is 3. The molecule has 0 atom stereocenters. The average molecular weight is 372 g/mol. The van der Waals surface area contributed by atoms with Gasteiger partial charge in [0.05, 0.1) is 13.7 Å². The topological polar surface area (TPSA) is 82.8 Å². The minimum atomic E-state index is -0.517. The van der Waals surface area contributed by atoms with Crippen LogP contribution in [0.15, 0.2) is 42.5 Å². The summed E-state index contributed by atoms with van der Waals surface area (Å²) in [6.45, 7) is 6.06. The van der Waals surface area contributed by atoms with Gasteiger partial charge in [0.25, 0.3) is 0 Å². The molecule has 2 aromatic carbocycles. The first-order valence-corrected chi connectivity index (χ1v) is 8.92. The molecule has 0 bridgehead atoms. The lowest BCUT2D eigenvalue weighted by atomic mass is 10.1. The molecule has 27 heavy (non-hydrogen) atoms. The smallest absolute Gasteiger partial charge is 0.412 e. The fraction of sp³-hybridized carbons (Fsp3) is 0.381. The molecule has 0 aliphatic rings. The zero-order valence-electron chi connectivity index (χ0n) is 16.4. The first-order chi connectivity index (χ1) is 12.8. The number of methoxy groups -OCH3 is 1. The Balaban J connectivity index is 1.78. The Kier molecular flexibility index (Phi) is 6.93. The molecule has 0 fully saturated rings. The fourth-order valence-corrected chi connectivity index (χ4v) is 2.44. The fourth-order valence-electron chi connectivity index (χ4n) is 2.44. The van der Waals surface area contributed by atoms with Crippen LogP contribution in [0.5, 0.6) is 11.5 Å². The van der Waals surface area contributed by atoms with E-state index in [1.165, 1.54) is 0 Å². The predicted octanol–water partition coefficient (Wildman–Crippen LogP) is 4.64. The molecule has 3 N–H and O–H groups in total. The molecule has 0 saturated heterocycles. The van der Waals surface area contributed by atoms with Gasteiger partial charge >= 0.3 is 6.09 Å². The van der Waals surface area contributed by atoms with E-state index in [4.69, 9.17) is 19.9 Å². The molecule has 0 aliphatic carbocycles. The van der Waals surface area contributed by atoms with E-state index < -0.39 is 11.7 Å². The van der Waals surface area contributed by atoms with E-state index in [0.717, 1.165) is 18.4 Å². The molecule has 1 amide bonds. The molecule has 2 rings (SSSR count). The summed E-state index contributed by atoms with van der Waals surface area (Å²) in [5.74, 6) is 1.32. The second-order valence-corrected chi connectivity index (χ2v) is 7.19. The van der Waals surface area contributed by atoms with Crippen LogP contribution in [0.2, 0.25) is 0 Å². The van der Waals surface area contributed by atoms with Crippen molar-refractivity contribution in [3.63, 3.8) is 0 Å². The van der Waals surface area contributed by atoms with E-state index in [9.17, 15) is 4.79 Å². The maximum absolute atomic E-state index is 11.8. The van der Waals surface area contributed by atoms with Crippen molar-refractivity contribution in [3.8, 4) is 11.5 Å². The van der Waals surface area contributed by atoms with Crippen LogP contribution in [-0.2, 0) is 11.2 Å². The van der Waals surface area contributed by atoms with Crippen molar-refractivity contribution < 1.29 is 19.0 Å². The van der Waals surface area contributed by atoms with Crippen LogP contribution in [0, 0.1) is 0 Å². The Morgan fingerprint density at radius 3 is 2.41 bits per heavy atom. The summed E-state index contributed by atoms with van der Waals surface area (Å²) in [6.07, 6.45) is 1.26. The highest BCUT2D eigenvalue weighted by Crippen LogP contribution is 2.29. The third-order valence-electron chi connectivity index (χ3n) is 3.65. The highest BCUT2D eigenvalue weighted by atomic mass is 16.6. The number of hydrogen-bond donors (Lipinski definition) is 2. The minimum Gasteiger partial charge on any atom is -0.493 e. The monoisotopic (exact) mass is 372 g/mol. The highest BCUT2D eigenvalue weighted by Gasteiger charge is 2.16. The minimum absolute atomic E-state index is 0.457. The van der Waals surface area contributed by atoms with E-state index in [1.807, 2.05) is 51.1 Å². The van der Waals surface area contributed by atoms with Crippen LogP contribution in [-0.4, -0.2) is 25.4 Å². The van der Waals surface area contributed by atoms with E-state index in [1.54, 1.807) is 19.2 Å². The molecule has 0 spiro atoms. The zero-order valence-corrected chi connectivity index (χ0v) is 16.4. The molecule has 0 aliphatic heterocycles. The molecular weight excluding hydrogens is 344 g/mol. The van der Waals surface area contributed by atoms with Gasteiger partial charge in [0.1, 0.15) is 5.60 Å². The molecule has 6 heteroatoms. The number of amides is 1. The number of benzene rings is 2. The molecule has 0 unspecified atom stereocenters. The second kappa shape index (κ2) is 9.16. The number of anilines is 2. The highest BCUT2D eigenvalue weighted by molar-refractivity contribution is 5.84. The van der Waals surface area contributed by atoms with Crippen molar-refractivity contribution in [1.29, 1.82) is 0 Å². The number of carbonyl (C=O) groups is 1. The van der Waals surface area contributed by atoms with Gasteiger partial charge in [-0.3, -0.25) is 5.32 Å². The standard InChI is InChI=1S/C21H28N2O4/c1-21(2,3)27-20(24)23-17-10-7-15(8-11-17)6-5-13-26-18-12-9-16(22)14-19(18)25-4/h7-12,14H,5-6,13,22H2,1-4H3,(H,23,24). The summed E-state index contributed by atoms with van der Waals surface area (Å²) < 4.78 is 16.3. The lowest BCUT2D eigenvalue weighted by molar-refractivity contribution is 0.0636. The van der Waals surface area contributed by atoms with E-state index in [-0.39, 0.29) is 0 Å². The molecule has 0 radical (unpaired) electrons. The van der Waals surface area contributed by atoms with Gasteiger partial charge in [-0.1, -0.05) is 12.1 Å². The number of carbonyl (C=O) groups excluding carboxylic acids is 1. The number of nitrogen functional groups attached to an aromatic ring is 1. The number of nitrogens with one attached hydrogen (secondary N) is 1. The number of rotatable bonds is 7. The average Bonchev–Trinajstić information content (AvgIpc) is 2.59. The molecular formula is C21H28N2O4. The van der Waals surface area contributed by atoms with Crippen molar-refractivity contribution in [2.24, 2.45) is 0 Å². The Labute approximate surface area is 160 Å². The van der Waals surface area contributed by atoms with Crippen molar-refractivity contribution in [3.05, 3.63) is 48.0 Å². The van der Waals surface area contributed by atoms with Crippen LogP contribution in [0.1, 0.15) is 32.8 Å². The number of aryl methyl sites for hydroxylation is 1. The molecule has 6 nitrogen and oxygen atoms in total. The quantitative estimate of drug-likeness (QED) is 0.547. The second-order valence-electron chi connectivity index (χ2n) is 7.19. The maximum Gasteiger partial charge on any atom is 0.412 e. The van der Waals surface area contributed by atoms with Crippen LogP contribution in [0.25, 0.3) is 0 Å². The molecule has 146 valence electrons. The zero-order chi connectivity index (χ0) is 19.9. The summed E-state index contributed by atoms with van der Waals surface area (Å²) >= 11 is 0. The summed E-state index contributed by atoms with van der Waals surface area (Å²) in [7, 11) is 1.59. The van der Waals surface area contributed by atoms with Crippen LogP contribution >= 0.6 is 0 Å². The maximum atomic E-state index is 11.8. The van der Waals surface area contributed by atoms with Gasteiger partial charge in [0.15, 0.2) is 11.5 Å². The number of nitrogens with two attached hydrogens (primary N) is 1. The SMILES string of the molecule is COc1cc(N)ccc1OCCCc1ccc(NC(=O)OC(C)(C)C)cc1. The lowest BCUT2D eigenvalue weighted by Gasteiger charge is -2.19. The summed E-state index contributed by atoms with van der Waals surface area (Å²) in [4.78, 5) is 11.8. The van der Waals surface area contributed by atoms with Gasteiger partial charge in [-0.25, -0.2) is 4.79 Å². The van der Waals surface area contributed by atoms with Gasteiger partial charge < -0.3 is 19.9 Å². The van der Waals surface area contributed by atoms with Gasteiger partial charge in [-0.2, -0.15) is 0 Å². The van der Waals surface area contributed by atoms with Crippen LogP contribution < -0.4 is 20.5 Å². The first-order valence-electron chi connectivity index (χ1n) is 8.92. The summed E-state index contributed by atoms with van der Waals surface area (Å²) in [5, 5.41) is 2.72. The Bertz CT molecular complexity index is 752. The normalized spacial score (nSPS) is 11.0. The van der Waals surface area contributed by atoms with Gasteiger partial charge in [-0.05, 0) is 63.4 Å². The predicted molar refractivity (Wildman–Crippen MR) is 108 cm³/mol. The van der Waals surface area contributed by atoms with Crippen molar-refractivity contribution in [1.82, 2.24) is 0 Å². The summed E-state index contributed by atoms with van der Waals surface area (Å²) in [6, 6.07) is 13.0. The molecule has 0 aromatic heterocycles. The summed E-state index contributed by atoms with van der Waals surface area (Å²) in [5.41, 5.74) is 7.73. The van der Waals surface area contributed by atoms with E-state index in [2.05, 4.69) is 5.32 Å². The van der Waals surface area contributed by atoms with Gasteiger partial charge in [0.2, 0.25) is 0 Å². The molecule has 2 aromatic rings. The Hall–Kier alpha value is -2.89. The van der Waals surface area contributed by atoms with Gasteiger partial charge in [-0.15, -0.1) is 0 Å². The number of hydrogen-bond acceptors (Lipinski definition) is 5. The van der Waals surface area contributed by atoms with Crippen molar-refractivity contribution in [2.45, 2.75) is 39.2 Å². The molecule has 0 heterocycles.